The lowest BCUT2D eigenvalue weighted by Crippen LogP contribution is -2.36. The van der Waals surface area contributed by atoms with Crippen LogP contribution < -0.4 is 0 Å². The number of rotatable bonds is 1. The third kappa shape index (κ3) is 2.69. The second-order valence-electron chi connectivity index (χ2n) is 3.10. The third-order valence-corrected chi connectivity index (χ3v) is 2.10. The minimum absolute atomic E-state index is 0.542. The molecule has 0 aliphatic heterocycles. The van der Waals surface area contributed by atoms with Gasteiger partial charge in [0.05, 0.1) is 6.10 Å². The maximum atomic E-state index is 10.6. The predicted molar refractivity (Wildman–Crippen MR) is 42.0 cm³/mol. The largest absolute Gasteiger partial charge is 0.473 e. The first-order valence-electron chi connectivity index (χ1n) is 4.23. The Bertz CT molecular complexity index is 213. The van der Waals surface area contributed by atoms with Crippen LogP contribution in [0, 0.1) is 0 Å². The lowest BCUT2D eigenvalue weighted by molar-refractivity contribution is -0.172. The monoisotopic (exact) mass is 188 g/mol. The van der Waals surface area contributed by atoms with Crippen LogP contribution in [0.4, 0.5) is 0 Å². The zero-order chi connectivity index (χ0) is 9.84. The summed E-state index contributed by atoms with van der Waals surface area (Å²) in [5.74, 6) is -2.90. The van der Waals surface area contributed by atoms with Crippen LogP contribution >= 0.6 is 0 Å². The molecule has 0 amide bonds. The van der Waals surface area contributed by atoms with Crippen molar-refractivity contribution in [2.24, 2.45) is 0 Å². The maximum absolute atomic E-state index is 10.6. The number of carbonyl (C=O) groups is 2. The van der Waals surface area contributed by atoms with Gasteiger partial charge in [-0.25, -0.2) is 9.59 Å². The number of carbonyl (C=O) groups excluding carboxylic acids is 1. The van der Waals surface area contributed by atoms with Gasteiger partial charge in [0.2, 0.25) is 0 Å². The Kier molecular flexibility index (Phi) is 3.25. The van der Waals surface area contributed by atoms with Crippen LogP contribution in [0.15, 0.2) is 0 Å². The van der Waals surface area contributed by atoms with Crippen molar-refractivity contribution in [3.05, 3.63) is 0 Å². The molecule has 0 aromatic heterocycles. The molecular formula is C8H12O5. The van der Waals surface area contributed by atoms with Crippen molar-refractivity contribution in [1.29, 1.82) is 0 Å². The second kappa shape index (κ2) is 4.23. The van der Waals surface area contributed by atoms with E-state index in [2.05, 4.69) is 4.74 Å². The number of aliphatic hydroxyl groups is 1. The number of aliphatic hydroxyl groups excluding tert-OH is 1. The molecular weight excluding hydrogens is 176 g/mol. The standard InChI is InChI=1S/C8H12O5/c9-5-3-1-2-4-6(5)13-8(12)7(10)11/h5-6,9H,1-4H2,(H,10,11)/t5-,6-/m1/s1. The second-order valence-corrected chi connectivity index (χ2v) is 3.10. The van der Waals surface area contributed by atoms with Crippen LogP contribution in [0.2, 0.25) is 0 Å². The minimum Gasteiger partial charge on any atom is -0.473 e. The normalized spacial score (nSPS) is 28.1. The van der Waals surface area contributed by atoms with E-state index in [4.69, 9.17) is 5.11 Å². The van der Waals surface area contributed by atoms with Gasteiger partial charge in [-0.3, -0.25) is 0 Å². The molecule has 13 heavy (non-hydrogen) atoms. The highest BCUT2D eigenvalue weighted by Gasteiger charge is 2.28. The van der Waals surface area contributed by atoms with Crippen molar-refractivity contribution in [2.75, 3.05) is 0 Å². The molecule has 0 radical (unpaired) electrons. The van der Waals surface area contributed by atoms with Gasteiger partial charge in [-0.1, -0.05) is 6.42 Å². The molecule has 0 bridgehead atoms. The molecule has 0 aromatic rings. The highest BCUT2D eigenvalue weighted by Crippen LogP contribution is 2.21. The van der Waals surface area contributed by atoms with Gasteiger partial charge in [0.15, 0.2) is 0 Å². The highest BCUT2D eigenvalue weighted by molar-refractivity contribution is 6.28. The Labute approximate surface area is 75.3 Å². The number of hydrogen-bond donors (Lipinski definition) is 2. The van der Waals surface area contributed by atoms with E-state index < -0.39 is 24.1 Å². The van der Waals surface area contributed by atoms with Crippen molar-refractivity contribution in [1.82, 2.24) is 0 Å². The van der Waals surface area contributed by atoms with Crippen molar-refractivity contribution in [3.8, 4) is 0 Å². The molecule has 0 unspecified atom stereocenters. The van der Waals surface area contributed by atoms with E-state index >= 15 is 0 Å². The van der Waals surface area contributed by atoms with E-state index in [1.807, 2.05) is 0 Å². The molecule has 1 aliphatic rings. The Morgan fingerprint density at radius 3 is 2.38 bits per heavy atom. The van der Waals surface area contributed by atoms with Crippen LogP contribution in [-0.4, -0.2) is 34.4 Å². The van der Waals surface area contributed by atoms with Gasteiger partial charge >= 0.3 is 11.9 Å². The smallest absolute Gasteiger partial charge is 0.417 e. The molecule has 74 valence electrons. The topological polar surface area (TPSA) is 83.8 Å². The number of carboxylic acid groups (broad SMARTS) is 1. The summed E-state index contributed by atoms with van der Waals surface area (Å²) in [6.07, 6.45) is 1.50. The van der Waals surface area contributed by atoms with Gasteiger partial charge in [-0.15, -0.1) is 0 Å². The fourth-order valence-corrected chi connectivity index (χ4v) is 1.40. The average molecular weight is 188 g/mol. The number of carboxylic acids is 1. The lowest BCUT2D eigenvalue weighted by Gasteiger charge is -2.26. The summed E-state index contributed by atoms with van der Waals surface area (Å²) in [5.41, 5.74) is 0. The van der Waals surface area contributed by atoms with E-state index in [0.29, 0.717) is 12.8 Å². The minimum atomic E-state index is -1.61. The van der Waals surface area contributed by atoms with E-state index in [-0.39, 0.29) is 0 Å². The van der Waals surface area contributed by atoms with Crippen LogP contribution in [0.5, 0.6) is 0 Å². The molecule has 2 atom stereocenters. The average Bonchev–Trinajstić information content (AvgIpc) is 2.08. The number of hydrogen-bond acceptors (Lipinski definition) is 4. The third-order valence-electron chi connectivity index (χ3n) is 2.10. The molecule has 5 nitrogen and oxygen atoms in total. The van der Waals surface area contributed by atoms with Gasteiger partial charge < -0.3 is 14.9 Å². The van der Waals surface area contributed by atoms with Crippen LogP contribution in [0.3, 0.4) is 0 Å². The van der Waals surface area contributed by atoms with Gasteiger partial charge in [0.1, 0.15) is 6.10 Å². The zero-order valence-corrected chi connectivity index (χ0v) is 7.10. The Balaban J connectivity index is 2.42. The summed E-state index contributed by atoms with van der Waals surface area (Å²) in [5, 5.41) is 17.6. The fourth-order valence-electron chi connectivity index (χ4n) is 1.40. The fraction of sp³-hybridized carbons (Fsp3) is 0.750. The molecule has 5 heteroatoms. The molecule has 1 aliphatic carbocycles. The summed E-state index contributed by atoms with van der Waals surface area (Å²) >= 11 is 0. The van der Waals surface area contributed by atoms with Gasteiger partial charge in [0.25, 0.3) is 0 Å². The molecule has 0 saturated heterocycles. The SMILES string of the molecule is O=C(O)C(=O)O[C@@H]1CCCC[C@H]1O. The summed E-state index contributed by atoms with van der Waals surface area (Å²) in [6, 6.07) is 0. The molecule has 1 saturated carbocycles. The number of aliphatic carboxylic acids is 1. The van der Waals surface area contributed by atoms with E-state index in [1.54, 1.807) is 0 Å². The Morgan fingerprint density at radius 2 is 1.85 bits per heavy atom. The lowest BCUT2D eigenvalue weighted by atomic mass is 9.95. The van der Waals surface area contributed by atoms with Crippen molar-refractivity contribution >= 4 is 11.9 Å². The van der Waals surface area contributed by atoms with Crippen LogP contribution in [-0.2, 0) is 14.3 Å². The summed E-state index contributed by atoms with van der Waals surface area (Å²) in [4.78, 5) is 20.7. The summed E-state index contributed by atoms with van der Waals surface area (Å²) < 4.78 is 4.58. The molecule has 0 heterocycles. The quantitative estimate of drug-likeness (QED) is 0.444. The summed E-state index contributed by atoms with van der Waals surface area (Å²) in [7, 11) is 0. The van der Waals surface area contributed by atoms with Crippen molar-refractivity contribution in [3.63, 3.8) is 0 Å². The highest BCUT2D eigenvalue weighted by atomic mass is 16.6. The van der Waals surface area contributed by atoms with Crippen LogP contribution in [0.25, 0.3) is 0 Å². The molecule has 2 N–H and O–H groups in total. The Hall–Kier alpha value is -1.10. The van der Waals surface area contributed by atoms with E-state index in [0.717, 1.165) is 12.8 Å². The van der Waals surface area contributed by atoms with E-state index in [1.165, 1.54) is 0 Å². The van der Waals surface area contributed by atoms with Gasteiger partial charge in [-0.2, -0.15) is 0 Å². The first kappa shape index (κ1) is 9.98. The first-order chi connectivity index (χ1) is 6.11. The van der Waals surface area contributed by atoms with Crippen molar-refractivity contribution in [2.45, 2.75) is 37.9 Å². The number of esters is 1. The summed E-state index contributed by atoms with van der Waals surface area (Å²) in [6.45, 7) is 0. The van der Waals surface area contributed by atoms with Gasteiger partial charge in [0, 0.05) is 0 Å². The molecule has 1 rings (SSSR count). The molecule has 1 fully saturated rings. The molecule has 0 aromatic carbocycles. The van der Waals surface area contributed by atoms with Crippen molar-refractivity contribution < 1.29 is 24.5 Å². The number of ether oxygens (including phenoxy) is 1. The Morgan fingerprint density at radius 1 is 1.23 bits per heavy atom. The predicted octanol–water partition coefficient (Wildman–Crippen LogP) is -0.0823. The van der Waals surface area contributed by atoms with Gasteiger partial charge in [-0.05, 0) is 19.3 Å². The molecule has 0 spiro atoms. The zero-order valence-electron chi connectivity index (χ0n) is 7.10. The van der Waals surface area contributed by atoms with Crippen LogP contribution in [0.1, 0.15) is 25.7 Å². The van der Waals surface area contributed by atoms with E-state index in [9.17, 15) is 14.7 Å². The first-order valence-corrected chi connectivity index (χ1v) is 4.23. The maximum Gasteiger partial charge on any atom is 0.417 e.